The lowest BCUT2D eigenvalue weighted by Gasteiger charge is -2.08. The van der Waals surface area contributed by atoms with Gasteiger partial charge in [-0.15, -0.1) is 0 Å². The molecule has 0 radical (unpaired) electrons. The topological polar surface area (TPSA) is 44.1 Å². The van der Waals surface area contributed by atoms with E-state index in [9.17, 15) is 13.6 Å². The van der Waals surface area contributed by atoms with Crippen molar-refractivity contribution in [1.82, 2.24) is 9.78 Å². The van der Waals surface area contributed by atoms with Crippen LogP contribution in [0.5, 0.6) is 5.88 Å². The molecule has 1 heterocycles. The third kappa shape index (κ3) is 3.65. The number of carbonyl (C=O) groups excluding carboxylic acids is 1. The molecule has 3 rings (SSSR count). The molecule has 3 aromatic rings. The van der Waals surface area contributed by atoms with Crippen LogP contribution in [0.15, 0.2) is 54.6 Å². The third-order valence-corrected chi connectivity index (χ3v) is 3.39. The van der Waals surface area contributed by atoms with Crippen LogP contribution < -0.4 is 4.74 Å². The Kier molecular flexibility index (Phi) is 4.37. The van der Waals surface area contributed by atoms with Crippen LogP contribution in [-0.2, 0) is 6.54 Å². The fourth-order valence-corrected chi connectivity index (χ4v) is 2.22. The van der Waals surface area contributed by atoms with Gasteiger partial charge in [-0.25, -0.2) is 18.3 Å². The number of aryl methyl sites for hydroxylation is 1. The van der Waals surface area contributed by atoms with Gasteiger partial charge in [-0.3, -0.25) is 0 Å². The molecule has 0 spiro atoms. The van der Waals surface area contributed by atoms with Gasteiger partial charge in [0.25, 0.3) is 0 Å². The highest BCUT2D eigenvalue weighted by molar-refractivity contribution is 5.90. The lowest BCUT2D eigenvalue weighted by Crippen LogP contribution is -2.13. The summed E-state index contributed by atoms with van der Waals surface area (Å²) in [6, 6.07) is 12.7. The van der Waals surface area contributed by atoms with E-state index in [0.717, 1.165) is 5.56 Å². The average molecular weight is 328 g/mol. The first-order valence-corrected chi connectivity index (χ1v) is 7.28. The van der Waals surface area contributed by atoms with Crippen LogP contribution in [0.4, 0.5) is 8.78 Å². The Labute approximate surface area is 137 Å². The van der Waals surface area contributed by atoms with Gasteiger partial charge in [0.1, 0.15) is 11.6 Å². The summed E-state index contributed by atoms with van der Waals surface area (Å²) < 4.78 is 32.8. The number of hydrogen-bond donors (Lipinski definition) is 0. The predicted molar refractivity (Wildman–Crippen MR) is 83.8 cm³/mol. The molecular weight excluding hydrogens is 314 g/mol. The van der Waals surface area contributed by atoms with Crippen molar-refractivity contribution in [3.8, 4) is 5.88 Å². The lowest BCUT2D eigenvalue weighted by atomic mass is 10.2. The first-order valence-electron chi connectivity index (χ1n) is 7.28. The minimum Gasteiger partial charge on any atom is -0.404 e. The van der Waals surface area contributed by atoms with Crippen molar-refractivity contribution in [2.45, 2.75) is 13.5 Å². The van der Waals surface area contributed by atoms with E-state index in [2.05, 4.69) is 5.10 Å². The lowest BCUT2D eigenvalue weighted by molar-refractivity contribution is 0.0719. The van der Waals surface area contributed by atoms with Gasteiger partial charge in [0.15, 0.2) is 0 Å². The average Bonchev–Trinajstić information content (AvgIpc) is 2.89. The van der Waals surface area contributed by atoms with E-state index in [1.807, 2.05) is 0 Å². The first-order chi connectivity index (χ1) is 11.5. The Morgan fingerprint density at radius 1 is 1.04 bits per heavy atom. The molecule has 0 saturated heterocycles. The van der Waals surface area contributed by atoms with E-state index in [0.29, 0.717) is 12.2 Å². The zero-order valence-corrected chi connectivity index (χ0v) is 12.9. The van der Waals surface area contributed by atoms with Crippen molar-refractivity contribution < 1.29 is 18.3 Å². The van der Waals surface area contributed by atoms with E-state index >= 15 is 0 Å². The molecule has 24 heavy (non-hydrogen) atoms. The summed E-state index contributed by atoms with van der Waals surface area (Å²) in [5.74, 6) is -1.08. The van der Waals surface area contributed by atoms with Crippen LogP contribution in [-0.4, -0.2) is 15.7 Å². The Morgan fingerprint density at radius 3 is 2.25 bits per heavy atom. The largest absolute Gasteiger partial charge is 0.404 e. The fourth-order valence-electron chi connectivity index (χ4n) is 2.22. The molecule has 0 aliphatic carbocycles. The van der Waals surface area contributed by atoms with Crippen LogP contribution in [0.1, 0.15) is 21.6 Å². The number of ether oxygens (including phenoxy) is 1. The molecule has 4 nitrogen and oxygen atoms in total. The first kappa shape index (κ1) is 15.9. The highest BCUT2D eigenvalue weighted by atomic mass is 19.1. The zero-order chi connectivity index (χ0) is 17.1. The molecule has 0 aliphatic heterocycles. The Morgan fingerprint density at radius 2 is 1.62 bits per heavy atom. The molecule has 0 unspecified atom stereocenters. The minimum absolute atomic E-state index is 0.239. The summed E-state index contributed by atoms with van der Waals surface area (Å²) in [5.41, 5.74) is 1.74. The van der Waals surface area contributed by atoms with Crippen molar-refractivity contribution >= 4 is 5.97 Å². The monoisotopic (exact) mass is 328 g/mol. The molecule has 1 aromatic heterocycles. The normalized spacial score (nSPS) is 10.6. The van der Waals surface area contributed by atoms with Crippen LogP contribution in [0, 0.1) is 18.6 Å². The van der Waals surface area contributed by atoms with E-state index < -0.39 is 11.8 Å². The second-order valence-electron chi connectivity index (χ2n) is 5.30. The standard InChI is InChI=1S/C18H14F2N2O2/c1-12-10-17(24-18(23)14-4-8-16(20)9-5-14)22(21-12)11-13-2-6-15(19)7-3-13/h2-10H,11H2,1H3. The number of esters is 1. The summed E-state index contributed by atoms with van der Waals surface area (Å²) in [7, 11) is 0. The molecule has 0 amide bonds. The Bertz CT molecular complexity index is 856. The second-order valence-corrected chi connectivity index (χ2v) is 5.30. The van der Waals surface area contributed by atoms with Crippen molar-refractivity contribution in [2.75, 3.05) is 0 Å². The maximum atomic E-state index is 13.0. The number of halogens is 2. The predicted octanol–water partition coefficient (Wildman–Crippen LogP) is 3.74. The molecule has 2 aromatic carbocycles. The van der Waals surface area contributed by atoms with E-state index in [-0.39, 0.29) is 17.3 Å². The summed E-state index contributed by atoms with van der Waals surface area (Å²) in [5, 5.41) is 4.27. The fraction of sp³-hybridized carbons (Fsp3) is 0.111. The smallest absolute Gasteiger partial charge is 0.344 e. The molecular formula is C18H14F2N2O2. The quantitative estimate of drug-likeness (QED) is 0.685. The summed E-state index contributed by atoms with van der Waals surface area (Å²) in [4.78, 5) is 12.1. The number of hydrogen-bond acceptors (Lipinski definition) is 3. The molecule has 0 bridgehead atoms. The van der Waals surface area contributed by atoms with Gasteiger partial charge in [-0.2, -0.15) is 5.10 Å². The van der Waals surface area contributed by atoms with Crippen LogP contribution in [0.3, 0.4) is 0 Å². The molecule has 6 heteroatoms. The van der Waals surface area contributed by atoms with Crippen molar-refractivity contribution in [3.05, 3.63) is 83.1 Å². The van der Waals surface area contributed by atoms with Crippen molar-refractivity contribution in [2.24, 2.45) is 0 Å². The Hall–Kier alpha value is -3.02. The number of aromatic nitrogens is 2. The third-order valence-electron chi connectivity index (χ3n) is 3.39. The molecule has 0 fully saturated rings. The molecule has 0 aliphatic rings. The molecule has 0 saturated carbocycles. The summed E-state index contributed by atoms with van der Waals surface area (Å²) in [6.07, 6.45) is 0. The summed E-state index contributed by atoms with van der Waals surface area (Å²) >= 11 is 0. The van der Waals surface area contributed by atoms with E-state index in [1.165, 1.54) is 41.1 Å². The highest BCUT2D eigenvalue weighted by Gasteiger charge is 2.14. The maximum absolute atomic E-state index is 13.0. The van der Waals surface area contributed by atoms with Gasteiger partial charge in [-0.1, -0.05) is 12.1 Å². The Balaban J connectivity index is 1.79. The van der Waals surface area contributed by atoms with Gasteiger partial charge in [-0.05, 0) is 48.9 Å². The highest BCUT2D eigenvalue weighted by Crippen LogP contribution is 2.17. The maximum Gasteiger partial charge on any atom is 0.344 e. The number of rotatable bonds is 4. The van der Waals surface area contributed by atoms with E-state index in [1.54, 1.807) is 25.1 Å². The molecule has 0 atom stereocenters. The molecule has 0 N–H and O–H groups in total. The van der Waals surface area contributed by atoms with Crippen molar-refractivity contribution in [1.29, 1.82) is 0 Å². The van der Waals surface area contributed by atoms with Gasteiger partial charge in [0, 0.05) is 6.07 Å². The number of benzene rings is 2. The van der Waals surface area contributed by atoms with E-state index in [4.69, 9.17) is 4.74 Å². The SMILES string of the molecule is Cc1cc(OC(=O)c2ccc(F)cc2)n(Cc2ccc(F)cc2)n1. The van der Waals surface area contributed by atoms with Crippen LogP contribution in [0.25, 0.3) is 0 Å². The zero-order valence-electron chi connectivity index (χ0n) is 12.9. The number of nitrogens with zero attached hydrogens (tertiary/aromatic N) is 2. The summed E-state index contributed by atoms with van der Waals surface area (Å²) in [6.45, 7) is 2.11. The van der Waals surface area contributed by atoms with Crippen LogP contribution in [0.2, 0.25) is 0 Å². The van der Waals surface area contributed by atoms with Crippen molar-refractivity contribution in [3.63, 3.8) is 0 Å². The van der Waals surface area contributed by atoms with Gasteiger partial charge < -0.3 is 4.74 Å². The van der Waals surface area contributed by atoms with Crippen LogP contribution >= 0.6 is 0 Å². The van der Waals surface area contributed by atoms with Gasteiger partial charge in [0.05, 0.1) is 17.8 Å². The minimum atomic E-state index is -0.602. The number of carbonyl (C=O) groups is 1. The second kappa shape index (κ2) is 6.62. The van der Waals surface area contributed by atoms with Gasteiger partial charge >= 0.3 is 5.97 Å². The van der Waals surface area contributed by atoms with Gasteiger partial charge in [0.2, 0.25) is 5.88 Å². The molecule has 122 valence electrons.